The lowest BCUT2D eigenvalue weighted by molar-refractivity contribution is -0.137. The maximum Gasteiger partial charge on any atom is 0.416 e. The van der Waals surface area contributed by atoms with E-state index >= 15 is 0 Å². The molecule has 3 rings (SSSR count). The molecule has 1 saturated heterocycles. The van der Waals surface area contributed by atoms with Crippen molar-refractivity contribution in [2.75, 3.05) is 32.7 Å². The van der Waals surface area contributed by atoms with Gasteiger partial charge in [-0.05, 0) is 36.8 Å². The van der Waals surface area contributed by atoms with E-state index in [2.05, 4.69) is 20.9 Å². The molecule has 1 fully saturated rings. The van der Waals surface area contributed by atoms with Crippen molar-refractivity contribution in [3.63, 3.8) is 0 Å². The van der Waals surface area contributed by atoms with E-state index < -0.39 is 23.6 Å². The number of alkyl halides is 3. The lowest BCUT2D eigenvalue weighted by atomic mass is 10.1. The quantitative estimate of drug-likeness (QED) is 0.560. The van der Waals surface area contributed by atoms with Gasteiger partial charge >= 0.3 is 6.18 Å². The summed E-state index contributed by atoms with van der Waals surface area (Å²) in [7, 11) is 0. The van der Waals surface area contributed by atoms with Crippen LogP contribution in [-0.2, 0) is 11.0 Å². The predicted octanol–water partition coefficient (Wildman–Crippen LogP) is 2.06. The highest BCUT2D eigenvalue weighted by Gasteiger charge is 2.31. The second-order valence-electron chi connectivity index (χ2n) is 7.74. The monoisotopic (exact) mass is 462 g/mol. The van der Waals surface area contributed by atoms with E-state index in [-0.39, 0.29) is 24.1 Å². The predicted molar refractivity (Wildman–Crippen MR) is 116 cm³/mol. The molecule has 2 aromatic carbocycles. The average Bonchev–Trinajstić information content (AvgIpc) is 3.24. The number of nitrogens with zero attached hydrogens (tertiary/aromatic N) is 1. The van der Waals surface area contributed by atoms with Crippen molar-refractivity contribution in [3.8, 4) is 0 Å². The highest BCUT2D eigenvalue weighted by molar-refractivity contribution is 5.96. The van der Waals surface area contributed by atoms with Gasteiger partial charge in [0.05, 0.1) is 12.1 Å². The zero-order valence-electron chi connectivity index (χ0n) is 17.8. The zero-order valence-corrected chi connectivity index (χ0v) is 17.8. The van der Waals surface area contributed by atoms with E-state index in [4.69, 9.17) is 0 Å². The van der Waals surface area contributed by atoms with Crippen LogP contribution in [0.1, 0.15) is 32.7 Å². The Balaban J connectivity index is 1.36. The van der Waals surface area contributed by atoms with Crippen molar-refractivity contribution in [2.24, 2.45) is 0 Å². The second kappa shape index (κ2) is 11.0. The summed E-state index contributed by atoms with van der Waals surface area (Å²) in [5.74, 6) is -1.31. The van der Waals surface area contributed by atoms with E-state index in [0.29, 0.717) is 25.2 Å². The van der Waals surface area contributed by atoms with Crippen molar-refractivity contribution >= 4 is 17.7 Å². The minimum Gasteiger partial charge on any atom is -0.351 e. The summed E-state index contributed by atoms with van der Waals surface area (Å²) in [6.45, 7) is 2.13. The van der Waals surface area contributed by atoms with Crippen LogP contribution in [-0.4, -0.2) is 61.4 Å². The average molecular weight is 462 g/mol. The third kappa shape index (κ3) is 7.31. The van der Waals surface area contributed by atoms with Gasteiger partial charge in [0, 0.05) is 43.3 Å². The number of nitrogens with one attached hydrogen (secondary N) is 3. The van der Waals surface area contributed by atoms with E-state index in [1.54, 1.807) is 24.3 Å². The Morgan fingerprint density at radius 2 is 1.64 bits per heavy atom. The molecule has 7 nitrogen and oxygen atoms in total. The summed E-state index contributed by atoms with van der Waals surface area (Å²) in [4.78, 5) is 38.4. The number of carbonyl (C=O) groups excluding carboxylic acids is 3. The number of benzene rings is 2. The van der Waals surface area contributed by atoms with Gasteiger partial charge in [-0.1, -0.05) is 24.3 Å². The van der Waals surface area contributed by atoms with Crippen LogP contribution in [0.15, 0.2) is 54.6 Å². The maximum absolute atomic E-state index is 12.8. The standard InChI is InChI=1S/C23H25F3N4O3/c24-23(25,26)18-8-4-7-17(13-18)22(33)28-14-20(31)29-19-9-11-30(15-19)12-10-27-21(32)16-5-2-1-3-6-16/h1-8,13,19H,9-12,14-15H2,(H,27,32)(H,28,33)(H,29,31). The van der Waals surface area contributed by atoms with Gasteiger partial charge in [-0.3, -0.25) is 19.3 Å². The summed E-state index contributed by atoms with van der Waals surface area (Å²) < 4.78 is 38.3. The Kier molecular flexibility index (Phi) is 8.05. The topological polar surface area (TPSA) is 90.5 Å². The Morgan fingerprint density at radius 3 is 2.36 bits per heavy atom. The van der Waals surface area contributed by atoms with Gasteiger partial charge in [0.1, 0.15) is 0 Å². The van der Waals surface area contributed by atoms with Gasteiger partial charge in [-0.25, -0.2) is 0 Å². The van der Waals surface area contributed by atoms with Crippen molar-refractivity contribution in [1.82, 2.24) is 20.9 Å². The molecule has 0 radical (unpaired) electrons. The fraction of sp³-hybridized carbons (Fsp3) is 0.348. The molecule has 3 amide bonds. The number of hydrogen-bond donors (Lipinski definition) is 3. The lowest BCUT2D eigenvalue weighted by Gasteiger charge is -2.17. The molecule has 10 heteroatoms. The summed E-state index contributed by atoms with van der Waals surface area (Å²) in [5, 5.41) is 8.02. The molecule has 1 unspecified atom stereocenters. The largest absolute Gasteiger partial charge is 0.416 e. The van der Waals surface area contributed by atoms with Gasteiger partial charge < -0.3 is 16.0 Å². The molecular weight excluding hydrogens is 437 g/mol. The summed E-state index contributed by atoms with van der Waals surface area (Å²) in [6, 6.07) is 12.8. The van der Waals surface area contributed by atoms with E-state index in [1.165, 1.54) is 6.07 Å². The molecule has 0 aliphatic carbocycles. The molecule has 0 saturated carbocycles. The highest BCUT2D eigenvalue weighted by Crippen LogP contribution is 2.29. The van der Waals surface area contributed by atoms with Crippen LogP contribution in [0.2, 0.25) is 0 Å². The fourth-order valence-electron chi connectivity index (χ4n) is 3.55. The summed E-state index contributed by atoms with van der Waals surface area (Å²) >= 11 is 0. The minimum atomic E-state index is -4.55. The van der Waals surface area contributed by atoms with E-state index in [0.717, 1.165) is 31.2 Å². The number of hydrogen-bond acceptors (Lipinski definition) is 4. The SMILES string of the molecule is O=C(CNC(=O)c1cccc(C(F)(F)F)c1)NC1CCN(CCNC(=O)c2ccccc2)C1. The van der Waals surface area contributed by atoms with Crippen LogP contribution in [0, 0.1) is 0 Å². The van der Waals surface area contributed by atoms with Crippen molar-refractivity contribution in [1.29, 1.82) is 0 Å². The maximum atomic E-state index is 12.8. The lowest BCUT2D eigenvalue weighted by Crippen LogP contribution is -2.43. The number of amides is 3. The van der Waals surface area contributed by atoms with Crippen molar-refractivity contribution in [3.05, 3.63) is 71.3 Å². The first-order valence-corrected chi connectivity index (χ1v) is 10.5. The van der Waals surface area contributed by atoms with Gasteiger partial charge in [0.25, 0.3) is 11.8 Å². The Hall–Kier alpha value is -3.40. The molecule has 1 aliphatic rings. The summed E-state index contributed by atoms with van der Waals surface area (Å²) in [6.07, 6.45) is -3.83. The molecule has 1 heterocycles. The Labute approximate surface area is 189 Å². The zero-order chi connectivity index (χ0) is 23.8. The Bertz CT molecular complexity index is 982. The molecule has 0 spiro atoms. The number of halogens is 3. The van der Waals surface area contributed by atoms with Crippen LogP contribution in [0.3, 0.4) is 0 Å². The highest BCUT2D eigenvalue weighted by atomic mass is 19.4. The van der Waals surface area contributed by atoms with Crippen molar-refractivity contribution < 1.29 is 27.6 Å². The minimum absolute atomic E-state index is 0.104. The molecule has 3 N–H and O–H groups in total. The number of carbonyl (C=O) groups is 3. The van der Waals surface area contributed by atoms with Gasteiger partial charge in [0.2, 0.25) is 5.91 Å². The van der Waals surface area contributed by atoms with Gasteiger partial charge in [-0.15, -0.1) is 0 Å². The smallest absolute Gasteiger partial charge is 0.351 e. The first-order chi connectivity index (χ1) is 15.7. The third-order valence-corrected chi connectivity index (χ3v) is 5.25. The fourth-order valence-corrected chi connectivity index (χ4v) is 3.55. The van der Waals surface area contributed by atoms with Crippen LogP contribution in [0.5, 0.6) is 0 Å². The molecular formula is C23H25F3N4O3. The molecule has 2 aromatic rings. The van der Waals surface area contributed by atoms with Gasteiger partial charge in [0.15, 0.2) is 0 Å². The van der Waals surface area contributed by atoms with E-state index in [1.807, 2.05) is 6.07 Å². The normalized spacial score (nSPS) is 16.3. The number of likely N-dealkylation sites (tertiary alicyclic amines) is 1. The molecule has 0 aromatic heterocycles. The molecule has 1 aliphatic heterocycles. The molecule has 33 heavy (non-hydrogen) atoms. The summed E-state index contributed by atoms with van der Waals surface area (Å²) in [5.41, 5.74) is -0.496. The molecule has 176 valence electrons. The van der Waals surface area contributed by atoms with E-state index in [9.17, 15) is 27.6 Å². The first kappa shape index (κ1) is 24.2. The Morgan fingerprint density at radius 1 is 0.939 bits per heavy atom. The number of rotatable bonds is 8. The van der Waals surface area contributed by atoms with Crippen molar-refractivity contribution in [2.45, 2.75) is 18.6 Å². The van der Waals surface area contributed by atoms with Crippen LogP contribution in [0.4, 0.5) is 13.2 Å². The second-order valence-corrected chi connectivity index (χ2v) is 7.74. The van der Waals surface area contributed by atoms with Crippen LogP contribution in [0.25, 0.3) is 0 Å². The molecule has 1 atom stereocenters. The van der Waals surface area contributed by atoms with Crippen LogP contribution < -0.4 is 16.0 Å². The first-order valence-electron chi connectivity index (χ1n) is 10.5. The third-order valence-electron chi connectivity index (χ3n) is 5.25. The van der Waals surface area contributed by atoms with Gasteiger partial charge in [-0.2, -0.15) is 13.2 Å². The molecule has 0 bridgehead atoms. The van der Waals surface area contributed by atoms with Crippen LogP contribution >= 0.6 is 0 Å².